The number of aliphatic hydroxyl groups excluding tert-OH is 1. The minimum Gasteiger partial charge on any atom is -0.508 e. The van der Waals surface area contributed by atoms with Crippen molar-refractivity contribution < 1.29 is 9.84 Å². The second kappa shape index (κ2) is 9.15. The summed E-state index contributed by atoms with van der Waals surface area (Å²) >= 11 is 6.38. The van der Waals surface area contributed by atoms with Gasteiger partial charge in [0.15, 0.2) is 0 Å². The number of aromatic nitrogens is 1. The number of aryl methyl sites for hydroxylation is 1. The summed E-state index contributed by atoms with van der Waals surface area (Å²) in [5.74, 6) is 0.807. The van der Waals surface area contributed by atoms with Crippen LogP contribution in [0.15, 0.2) is 91.5 Å². The molecule has 0 spiro atoms. The zero-order chi connectivity index (χ0) is 21.8. The van der Waals surface area contributed by atoms with Gasteiger partial charge in [-0.15, -0.1) is 0 Å². The molecular formula is C27H24ClNO2. The zero-order valence-electron chi connectivity index (χ0n) is 17.4. The molecule has 0 aliphatic carbocycles. The first-order valence-corrected chi connectivity index (χ1v) is 10.6. The lowest BCUT2D eigenvalue weighted by molar-refractivity contribution is 0.307. The van der Waals surface area contributed by atoms with Gasteiger partial charge in [0.25, 0.3) is 0 Å². The number of benzene rings is 3. The van der Waals surface area contributed by atoms with E-state index in [-0.39, 0.29) is 5.76 Å². The van der Waals surface area contributed by atoms with Crippen molar-refractivity contribution in [3.63, 3.8) is 0 Å². The molecule has 1 aromatic heterocycles. The van der Waals surface area contributed by atoms with Crippen LogP contribution in [0, 0.1) is 0 Å². The van der Waals surface area contributed by atoms with Crippen molar-refractivity contribution in [2.75, 3.05) is 0 Å². The van der Waals surface area contributed by atoms with E-state index in [1.165, 1.54) is 0 Å². The van der Waals surface area contributed by atoms with Gasteiger partial charge in [0, 0.05) is 27.5 Å². The highest BCUT2D eigenvalue weighted by Crippen LogP contribution is 2.36. The first-order chi connectivity index (χ1) is 15.1. The summed E-state index contributed by atoms with van der Waals surface area (Å²) in [6.45, 7) is 6.25. The van der Waals surface area contributed by atoms with Gasteiger partial charge in [-0.1, -0.05) is 67.6 Å². The van der Waals surface area contributed by atoms with Gasteiger partial charge in [-0.3, -0.25) is 0 Å². The molecule has 4 rings (SSSR count). The van der Waals surface area contributed by atoms with Crippen molar-refractivity contribution in [2.45, 2.75) is 20.0 Å². The Morgan fingerprint density at radius 2 is 1.77 bits per heavy atom. The van der Waals surface area contributed by atoms with Crippen molar-refractivity contribution in [1.82, 2.24) is 4.57 Å². The topological polar surface area (TPSA) is 34.4 Å². The quantitative estimate of drug-likeness (QED) is 0.309. The molecule has 0 atom stereocenters. The van der Waals surface area contributed by atoms with Crippen LogP contribution in [0.1, 0.15) is 23.7 Å². The van der Waals surface area contributed by atoms with Crippen LogP contribution in [0.4, 0.5) is 0 Å². The number of ether oxygens (including phenoxy) is 1. The van der Waals surface area contributed by atoms with E-state index in [1.54, 1.807) is 0 Å². The van der Waals surface area contributed by atoms with E-state index < -0.39 is 0 Å². The van der Waals surface area contributed by atoms with Crippen LogP contribution < -0.4 is 4.74 Å². The molecule has 0 saturated heterocycles. The van der Waals surface area contributed by atoms with Gasteiger partial charge in [0.2, 0.25) is 0 Å². The lowest BCUT2D eigenvalue weighted by Crippen LogP contribution is -2.04. The molecule has 1 heterocycles. The third-order valence-electron chi connectivity index (χ3n) is 5.22. The third kappa shape index (κ3) is 4.52. The maximum absolute atomic E-state index is 9.88. The molecule has 156 valence electrons. The van der Waals surface area contributed by atoms with E-state index in [4.69, 9.17) is 16.3 Å². The van der Waals surface area contributed by atoms with Gasteiger partial charge in [-0.25, -0.2) is 0 Å². The molecule has 3 aromatic carbocycles. The largest absolute Gasteiger partial charge is 0.508 e. The van der Waals surface area contributed by atoms with Crippen molar-refractivity contribution in [3.8, 4) is 22.7 Å². The summed E-state index contributed by atoms with van der Waals surface area (Å²) in [6, 6.07) is 27.7. The molecule has 0 fully saturated rings. The molecule has 0 bridgehead atoms. The third-order valence-corrected chi connectivity index (χ3v) is 5.45. The Balaban J connectivity index is 1.80. The zero-order valence-corrected chi connectivity index (χ0v) is 18.1. The number of aliphatic hydroxyl groups is 1. The van der Waals surface area contributed by atoms with Gasteiger partial charge in [-0.05, 0) is 54.4 Å². The fraction of sp³-hybridized carbons (Fsp3) is 0.111. The van der Waals surface area contributed by atoms with Gasteiger partial charge in [0.05, 0.1) is 5.69 Å². The standard InChI is InChI=1S/C27H24ClNO2/c1-3-23-13-14-26(29(23)24-11-7-10-21(16-24)19(2)30)25-17-22(28)12-15-27(25)31-18-20-8-5-4-6-9-20/h4-17,30H,2-3,18H2,1H3. The van der Waals surface area contributed by atoms with Crippen molar-refractivity contribution in [1.29, 1.82) is 0 Å². The molecular weight excluding hydrogens is 406 g/mol. The number of hydrogen-bond acceptors (Lipinski definition) is 2. The summed E-state index contributed by atoms with van der Waals surface area (Å²) in [4.78, 5) is 0. The summed E-state index contributed by atoms with van der Waals surface area (Å²) < 4.78 is 8.38. The first kappa shape index (κ1) is 20.8. The summed E-state index contributed by atoms with van der Waals surface area (Å²) in [7, 11) is 0. The maximum atomic E-state index is 9.88. The molecule has 3 nitrogen and oxygen atoms in total. The molecule has 0 aliphatic rings. The van der Waals surface area contributed by atoms with E-state index in [2.05, 4.69) is 30.2 Å². The Hall–Kier alpha value is -3.43. The Morgan fingerprint density at radius 1 is 0.968 bits per heavy atom. The molecule has 4 heteroatoms. The van der Waals surface area contributed by atoms with Gasteiger partial charge < -0.3 is 14.4 Å². The fourth-order valence-corrected chi connectivity index (χ4v) is 3.83. The summed E-state index contributed by atoms with van der Waals surface area (Å²) in [5.41, 5.74) is 5.76. The van der Waals surface area contributed by atoms with Crippen LogP contribution in [-0.2, 0) is 13.0 Å². The second-order valence-electron chi connectivity index (χ2n) is 7.31. The Kier molecular flexibility index (Phi) is 6.15. The van der Waals surface area contributed by atoms with Crippen LogP contribution in [0.2, 0.25) is 5.02 Å². The minimum absolute atomic E-state index is 0.0447. The minimum atomic E-state index is 0.0447. The summed E-state index contributed by atoms with van der Waals surface area (Å²) in [5, 5.41) is 10.5. The van der Waals surface area contributed by atoms with Crippen molar-refractivity contribution in [2.24, 2.45) is 0 Å². The molecule has 4 aromatic rings. The van der Waals surface area contributed by atoms with Crippen LogP contribution in [-0.4, -0.2) is 9.67 Å². The number of nitrogens with zero attached hydrogens (tertiary/aromatic N) is 1. The molecule has 0 aliphatic heterocycles. The smallest absolute Gasteiger partial charge is 0.129 e. The highest BCUT2D eigenvalue weighted by atomic mass is 35.5. The van der Waals surface area contributed by atoms with E-state index in [9.17, 15) is 5.11 Å². The maximum Gasteiger partial charge on any atom is 0.129 e. The first-order valence-electron chi connectivity index (χ1n) is 10.2. The molecule has 0 amide bonds. The lowest BCUT2D eigenvalue weighted by atomic mass is 10.1. The predicted octanol–water partition coefficient (Wildman–Crippen LogP) is 7.47. The number of halogens is 1. The van der Waals surface area contributed by atoms with Gasteiger partial charge >= 0.3 is 0 Å². The van der Waals surface area contributed by atoms with E-state index >= 15 is 0 Å². The van der Waals surface area contributed by atoms with Crippen LogP contribution in [0.25, 0.3) is 22.7 Å². The predicted molar refractivity (Wildman–Crippen MR) is 128 cm³/mol. The summed E-state index contributed by atoms with van der Waals surface area (Å²) in [6.07, 6.45) is 0.852. The van der Waals surface area contributed by atoms with Gasteiger partial charge in [0.1, 0.15) is 18.1 Å². The van der Waals surface area contributed by atoms with Crippen molar-refractivity contribution >= 4 is 17.4 Å². The SMILES string of the molecule is C=C(O)c1cccc(-n2c(CC)ccc2-c2cc(Cl)ccc2OCc2ccccc2)c1. The highest BCUT2D eigenvalue weighted by Gasteiger charge is 2.16. The van der Waals surface area contributed by atoms with E-state index in [0.29, 0.717) is 17.2 Å². The van der Waals surface area contributed by atoms with E-state index in [0.717, 1.165) is 40.4 Å². The average molecular weight is 430 g/mol. The van der Waals surface area contributed by atoms with Crippen LogP contribution in [0.5, 0.6) is 5.75 Å². The molecule has 1 N–H and O–H groups in total. The molecule has 0 saturated carbocycles. The lowest BCUT2D eigenvalue weighted by Gasteiger charge is -2.17. The normalized spacial score (nSPS) is 10.8. The van der Waals surface area contributed by atoms with Gasteiger partial charge in [-0.2, -0.15) is 0 Å². The Morgan fingerprint density at radius 3 is 2.52 bits per heavy atom. The monoisotopic (exact) mass is 429 g/mol. The number of rotatable bonds is 7. The average Bonchev–Trinajstić information content (AvgIpc) is 3.23. The second-order valence-corrected chi connectivity index (χ2v) is 7.75. The number of hydrogen-bond donors (Lipinski definition) is 1. The molecule has 0 radical (unpaired) electrons. The molecule has 31 heavy (non-hydrogen) atoms. The highest BCUT2D eigenvalue weighted by molar-refractivity contribution is 6.31. The Labute approximate surface area is 187 Å². The Bertz CT molecular complexity index is 1210. The van der Waals surface area contributed by atoms with Crippen molar-refractivity contribution in [3.05, 3.63) is 113 Å². The van der Waals surface area contributed by atoms with Crippen LogP contribution in [0.3, 0.4) is 0 Å². The molecule has 0 unspecified atom stereocenters. The van der Waals surface area contributed by atoms with Crippen LogP contribution >= 0.6 is 11.6 Å². The van der Waals surface area contributed by atoms with E-state index in [1.807, 2.05) is 72.8 Å². The fourth-order valence-electron chi connectivity index (χ4n) is 3.66.